The number of aliphatic hydroxyl groups is 6. The maximum atomic E-state index is 13.0. The molecule has 0 aliphatic heterocycles. The fraction of sp³-hybridized carbons (Fsp3) is 0.660. The molecule has 0 aromatic heterocycles. The molecule has 20 heteroatoms. The molecule has 0 heterocycles. The minimum atomic E-state index is -5.40. The van der Waals surface area contributed by atoms with Crippen molar-refractivity contribution < 1.29 is 87.1 Å². The van der Waals surface area contributed by atoms with Crippen LogP contribution in [0.15, 0.2) is 85.1 Å². The summed E-state index contributed by atoms with van der Waals surface area (Å²) in [6, 6.07) is 0. The fourth-order valence-electron chi connectivity index (χ4n) is 6.42. The molecular formula is C47H78O18P2. The number of carbonyl (C=O) groups excluding carboxylic acids is 2. The first-order valence-corrected chi connectivity index (χ1v) is 26.4. The second kappa shape index (κ2) is 37.0. The Bertz CT molecular complexity index is 1660. The van der Waals surface area contributed by atoms with Crippen LogP contribution in [-0.4, -0.2) is 125 Å². The first-order valence-electron chi connectivity index (χ1n) is 23.3. The molecular weight excluding hydrogens is 914 g/mol. The molecule has 10 atom stereocenters. The summed E-state index contributed by atoms with van der Waals surface area (Å²) in [6.45, 7) is 2.74. The van der Waals surface area contributed by atoms with Gasteiger partial charge in [-0.15, -0.1) is 0 Å². The SMILES string of the molecule is CCCCC/C=C\C/C=C\C/C=C\CCCCC(=O)OC[C@H](COP(=O)(O)O[C@H]1C(O)C(O)C(O)[C@@H](OP(=O)(O)O)C1O)OC(=O)CCC[C@H](O)/C=C/C=C\C/C=C\C=C\[C@H](O)CCCCC. The highest BCUT2D eigenvalue weighted by molar-refractivity contribution is 7.47. The summed E-state index contributed by atoms with van der Waals surface area (Å²) >= 11 is 0. The van der Waals surface area contributed by atoms with Crippen LogP contribution in [0.5, 0.6) is 0 Å². The molecule has 5 unspecified atom stereocenters. The Morgan fingerprint density at radius 1 is 0.552 bits per heavy atom. The largest absolute Gasteiger partial charge is 0.472 e. The minimum Gasteiger partial charge on any atom is -0.462 e. The molecule has 0 saturated heterocycles. The van der Waals surface area contributed by atoms with Crippen molar-refractivity contribution in [3.63, 3.8) is 0 Å². The molecule has 0 aromatic carbocycles. The van der Waals surface area contributed by atoms with E-state index in [2.05, 4.69) is 42.7 Å². The highest BCUT2D eigenvalue weighted by atomic mass is 31.2. The van der Waals surface area contributed by atoms with E-state index in [1.54, 1.807) is 24.3 Å². The van der Waals surface area contributed by atoms with Crippen LogP contribution in [0.2, 0.25) is 0 Å². The number of allylic oxidation sites excluding steroid dienone is 12. The van der Waals surface area contributed by atoms with Gasteiger partial charge in [-0.2, -0.15) is 0 Å². The van der Waals surface area contributed by atoms with Crippen molar-refractivity contribution in [1.82, 2.24) is 0 Å². The Labute approximate surface area is 396 Å². The lowest BCUT2D eigenvalue weighted by atomic mass is 9.85. The number of aliphatic hydroxyl groups excluding tert-OH is 6. The van der Waals surface area contributed by atoms with E-state index in [4.69, 9.17) is 28.3 Å². The highest BCUT2D eigenvalue weighted by Crippen LogP contribution is 2.49. The van der Waals surface area contributed by atoms with Crippen molar-refractivity contribution in [2.75, 3.05) is 13.2 Å². The van der Waals surface area contributed by atoms with Gasteiger partial charge in [0.25, 0.3) is 0 Å². The lowest BCUT2D eigenvalue weighted by molar-refractivity contribution is -0.216. The Morgan fingerprint density at radius 2 is 1.04 bits per heavy atom. The Balaban J connectivity index is 2.75. The summed E-state index contributed by atoms with van der Waals surface area (Å²) in [7, 11) is -10.8. The van der Waals surface area contributed by atoms with Crippen molar-refractivity contribution in [3.05, 3.63) is 85.1 Å². The molecule has 0 bridgehead atoms. The van der Waals surface area contributed by atoms with E-state index in [9.17, 15) is 54.3 Å². The van der Waals surface area contributed by atoms with Crippen molar-refractivity contribution >= 4 is 27.6 Å². The summed E-state index contributed by atoms with van der Waals surface area (Å²) < 4.78 is 49.1. The minimum absolute atomic E-state index is 0.0177. The molecule has 384 valence electrons. The van der Waals surface area contributed by atoms with E-state index in [1.165, 1.54) is 25.3 Å². The standard InChI is InChI=1S/C47H78O18P2/c1-3-5-7-8-9-10-11-12-13-14-15-16-20-23-27-33-40(50)61-35-39(36-62-67(59,60)65-47-44(54)42(52)43(53)46(45(47)55)64-66(56,57)58)63-41(51)34-28-32-38(49)31-26-22-19-17-18-21-25-30-37(48)29-24-6-4-2/h9-10,12-13,15-16,18-19,21-22,25-26,30-31,37-39,42-49,52-55H,3-8,11,14,17,20,23-24,27-29,32-36H2,1-2H3,(H,59,60)(H2,56,57,58)/b10-9-,13-12-,16-15-,21-18-,22-19-,30-25+,31-26+/t37-,38-,39-,42?,43?,44?,45?,46-,47+/m1/s1. The molecule has 18 nitrogen and oxygen atoms in total. The zero-order chi connectivity index (χ0) is 49.9. The van der Waals surface area contributed by atoms with Crippen molar-refractivity contribution in [2.45, 2.75) is 184 Å². The number of hydrogen-bond donors (Lipinski definition) is 9. The van der Waals surface area contributed by atoms with Gasteiger partial charge in [0.05, 0.1) is 18.8 Å². The van der Waals surface area contributed by atoms with Gasteiger partial charge in [0.2, 0.25) is 0 Å². The summed E-state index contributed by atoms with van der Waals surface area (Å²) in [5.74, 6) is -1.49. The van der Waals surface area contributed by atoms with Gasteiger partial charge in [-0.05, 0) is 70.6 Å². The smallest absolute Gasteiger partial charge is 0.462 e. The van der Waals surface area contributed by atoms with Gasteiger partial charge in [0, 0.05) is 12.8 Å². The number of phosphoric ester groups is 2. The van der Waals surface area contributed by atoms with Crippen LogP contribution in [-0.2, 0) is 41.8 Å². The van der Waals surface area contributed by atoms with E-state index in [1.807, 2.05) is 30.4 Å². The number of rotatable bonds is 37. The number of unbranched alkanes of at least 4 members (excludes halogenated alkanes) is 7. The average Bonchev–Trinajstić information content (AvgIpc) is 3.27. The maximum Gasteiger partial charge on any atom is 0.472 e. The van der Waals surface area contributed by atoms with Gasteiger partial charge in [-0.25, -0.2) is 9.13 Å². The summed E-state index contributed by atoms with van der Waals surface area (Å²) in [6.07, 6.45) is 23.2. The predicted octanol–water partition coefficient (Wildman–Crippen LogP) is 6.56. The molecule has 1 aliphatic rings. The molecule has 0 amide bonds. The first kappa shape index (κ1) is 62.1. The monoisotopic (exact) mass is 992 g/mol. The summed E-state index contributed by atoms with van der Waals surface area (Å²) in [5, 5.41) is 61.5. The normalized spacial score (nSPS) is 23.1. The number of ether oxygens (including phenoxy) is 2. The van der Waals surface area contributed by atoms with Crippen LogP contribution in [0.25, 0.3) is 0 Å². The zero-order valence-electron chi connectivity index (χ0n) is 39.0. The molecule has 1 aliphatic carbocycles. The average molecular weight is 993 g/mol. The third-order valence-electron chi connectivity index (χ3n) is 10.1. The highest BCUT2D eigenvalue weighted by Gasteiger charge is 2.54. The molecule has 9 N–H and O–H groups in total. The van der Waals surface area contributed by atoms with E-state index >= 15 is 0 Å². The topological polar surface area (TPSA) is 296 Å². The molecule has 67 heavy (non-hydrogen) atoms. The second-order valence-corrected chi connectivity index (χ2v) is 18.8. The fourth-order valence-corrected chi connectivity index (χ4v) is 7.96. The number of hydrogen-bond acceptors (Lipinski definition) is 15. The van der Waals surface area contributed by atoms with Gasteiger partial charge >= 0.3 is 27.6 Å². The Morgan fingerprint density at radius 3 is 1.61 bits per heavy atom. The van der Waals surface area contributed by atoms with Gasteiger partial charge in [-0.1, -0.05) is 131 Å². The van der Waals surface area contributed by atoms with Crippen LogP contribution in [0.3, 0.4) is 0 Å². The predicted molar refractivity (Wildman–Crippen MR) is 253 cm³/mol. The molecule has 0 spiro atoms. The number of esters is 2. The van der Waals surface area contributed by atoms with Crippen molar-refractivity contribution in [1.29, 1.82) is 0 Å². The van der Waals surface area contributed by atoms with E-state index in [-0.39, 0.29) is 25.7 Å². The van der Waals surface area contributed by atoms with Crippen LogP contribution >= 0.6 is 15.6 Å². The van der Waals surface area contributed by atoms with E-state index < -0.39 is 95.7 Å². The number of phosphoric acid groups is 2. The van der Waals surface area contributed by atoms with Crippen molar-refractivity contribution in [2.24, 2.45) is 0 Å². The molecule has 0 aromatic rings. The molecule has 1 saturated carbocycles. The molecule has 1 rings (SSSR count). The summed E-state index contributed by atoms with van der Waals surface area (Å²) in [5.41, 5.74) is 0. The number of carbonyl (C=O) groups is 2. The van der Waals surface area contributed by atoms with E-state index in [0.29, 0.717) is 19.3 Å². The zero-order valence-corrected chi connectivity index (χ0v) is 40.8. The third kappa shape index (κ3) is 31.8. The van der Waals surface area contributed by atoms with Gasteiger partial charge in [-0.3, -0.25) is 23.2 Å². The van der Waals surface area contributed by atoms with Crippen LogP contribution in [0, 0.1) is 0 Å². The van der Waals surface area contributed by atoms with Crippen LogP contribution < -0.4 is 0 Å². The van der Waals surface area contributed by atoms with E-state index in [0.717, 1.165) is 51.4 Å². The van der Waals surface area contributed by atoms with Crippen LogP contribution in [0.4, 0.5) is 0 Å². The molecule has 1 fully saturated rings. The van der Waals surface area contributed by atoms with Gasteiger partial charge < -0.3 is 54.8 Å². The summed E-state index contributed by atoms with van der Waals surface area (Å²) in [4.78, 5) is 54.2. The van der Waals surface area contributed by atoms with Crippen molar-refractivity contribution in [3.8, 4) is 0 Å². The van der Waals surface area contributed by atoms with Crippen LogP contribution in [0.1, 0.15) is 129 Å². The lowest BCUT2D eigenvalue weighted by Crippen LogP contribution is -2.64. The quantitative estimate of drug-likeness (QED) is 0.0105. The lowest BCUT2D eigenvalue weighted by Gasteiger charge is -2.43. The Kier molecular flexibility index (Phi) is 34.3. The third-order valence-corrected chi connectivity index (χ3v) is 11.7. The maximum absolute atomic E-state index is 13.0. The Hall–Kier alpha value is -2.90. The first-order chi connectivity index (χ1) is 31.9. The van der Waals surface area contributed by atoms with Gasteiger partial charge in [0.1, 0.15) is 43.2 Å². The second-order valence-electron chi connectivity index (χ2n) is 16.2. The molecule has 0 radical (unpaired) electrons. The van der Waals surface area contributed by atoms with Gasteiger partial charge in [0.15, 0.2) is 6.10 Å².